The Kier molecular flexibility index (Phi) is 5.97. The van der Waals surface area contributed by atoms with E-state index in [1.165, 1.54) is 5.56 Å². The summed E-state index contributed by atoms with van der Waals surface area (Å²) in [5.41, 5.74) is 1.21. The highest BCUT2D eigenvalue weighted by Gasteiger charge is 2.21. The zero-order chi connectivity index (χ0) is 19.2. The Hall–Kier alpha value is -2.73. The SMILES string of the molecule is O=C(CCCOc1ccccc1)N1CCN(Cc2ccc3c(c2)OCO3)CC1. The molecule has 2 heterocycles. The van der Waals surface area contributed by atoms with Crippen LogP contribution in [0.4, 0.5) is 0 Å². The highest BCUT2D eigenvalue weighted by atomic mass is 16.7. The molecule has 2 aliphatic rings. The fourth-order valence-electron chi connectivity index (χ4n) is 3.54. The summed E-state index contributed by atoms with van der Waals surface area (Å²) in [6.45, 7) is 5.08. The number of ether oxygens (including phenoxy) is 3. The smallest absolute Gasteiger partial charge is 0.231 e. The molecule has 4 rings (SSSR count). The Morgan fingerprint density at radius 3 is 2.57 bits per heavy atom. The minimum absolute atomic E-state index is 0.222. The lowest BCUT2D eigenvalue weighted by atomic mass is 10.1. The fourth-order valence-corrected chi connectivity index (χ4v) is 3.54. The molecule has 2 aromatic carbocycles. The van der Waals surface area contributed by atoms with Crippen LogP contribution in [0.25, 0.3) is 0 Å². The number of carbonyl (C=O) groups excluding carboxylic acids is 1. The van der Waals surface area contributed by atoms with Crippen molar-refractivity contribution in [2.75, 3.05) is 39.6 Å². The molecule has 0 N–H and O–H groups in total. The third-order valence-electron chi connectivity index (χ3n) is 5.12. The van der Waals surface area contributed by atoms with Gasteiger partial charge >= 0.3 is 0 Å². The average molecular weight is 382 g/mol. The molecular formula is C22H26N2O4. The van der Waals surface area contributed by atoms with Gasteiger partial charge in [0, 0.05) is 39.1 Å². The highest BCUT2D eigenvalue weighted by molar-refractivity contribution is 5.76. The van der Waals surface area contributed by atoms with E-state index in [4.69, 9.17) is 14.2 Å². The van der Waals surface area contributed by atoms with Gasteiger partial charge in [0.1, 0.15) is 5.75 Å². The first-order valence-corrected chi connectivity index (χ1v) is 9.84. The first-order valence-electron chi connectivity index (χ1n) is 9.84. The van der Waals surface area contributed by atoms with E-state index in [1.54, 1.807) is 0 Å². The molecule has 2 aliphatic heterocycles. The lowest BCUT2D eigenvalue weighted by Crippen LogP contribution is -2.48. The number of amides is 1. The molecule has 0 saturated carbocycles. The number of hydrogen-bond donors (Lipinski definition) is 0. The van der Waals surface area contributed by atoms with Crippen molar-refractivity contribution in [3.05, 3.63) is 54.1 Å². The second-order valence-electron chi connectivity index (χ2n) is 7.11. The molecule has 0 atom stereocenters. The topological polar surface area (TPSA) is 51.2 Å². The van der Waals surface area contributed by atoms with E-state index in [1.807, 2.05) is 47.4 Å². The summed E-state index contributed by atoms with van der Waals surface area (Å²) in [5.74, 6) is 2.71. The minimum Gasteiger partial charge on any atom is -0.494 e. The van der Waals surface area contributed by atoms with Crippen molar-refractivity contribution in [1.29, 1.82) is 0 Å². The Bertz CT molecular complexity index is 788. The molecule has 0 bridgehead atoms. The third kappa shape index (κ3) is 4.75. The first kappa shape index (κ1) is 18.6. The molecule has 6 heteroatoms. The van der Waals surface area contributed by atoms with Gasteiger partial charge in [0.15, 0.2) is 11.5 Å². The molecule has 6 nitrogen and oxygen atoms in total. The maximum atomic E-state index is 12.4. The molecule has 1 fully saturated rings. The number of para-hydroxylation sites is 1. The van der Waals surface area contributed by atoms with Crippen LogP contribution in [0.3, 0.4) is 0 Å². The van der Waals surface area contributed by atoms with Gasteiger partial charge in [-0.2, -0.15) is 0 Å². The number of piperazine rings is 1. The van der Waals surface area contributed by atoms with E-state index in [2.05, 4.69) is 11.0 Å². The zero-order valence-electron chi connectivity index (χ0n) is 16.0. The molecule has 0 aromatic heterocycles. The number of fused-ring (bicyclic) bond motifs is 1. The van der Waals surface area contributed by atoms with Gasteiger partial charge in [0.2, 0.25) is 12.7 Å². The number of nitrogens with zero attached hydrogens (tertiary/aromatic N) is 2. The van der Waals surface area contributed by atoms with Crippen LogP contribution in [-0.4, -0.2) is 55.3 Å². The summed E-state index contributed by atoms with van der Waals surface area (Å²) < 4.78 is 16.5. The third-order valence-corrected chi connectivity index (χ3v) is 5.12. The molecule has 0 spiro atoms. The summed E-state index contributed by atoms with van der Waals surface area (Å²) in [7, 11) is 0. The van der Waals surface area contributed by atoms with Gasteiger partial charge in [-0.1, -0.05) is 24.3 Å². The number of carbonyl (C=O) groups is 1. The lowest BCUT2D eigenvalue weighted by Gasteiger charge is -2.34. The predicted octanol–water partition coefficient (Wildman–Crippen LogP) is 2.92. The van der Waals surface area contributed by atoms with Crippen molar-refractivity contribution >= 4 is 5.91 Å². The van der Waals surface area contributed by atoms with Crippen molar-refractivity contribution in [3.63, 3.8) is 0 Å². The summed E-state index contributed by atoms with van der Waals surface area (Å²) in [6.07, 6.45) is 1.28. The van der Waals surface area contributed by atoms with Crippen LogP contribution in [0.1, 0.15) is 18.4 Å². The summed E-state index contributed by atoms with van der Waals surface area (Å²) >= 11 is 0. The van der Waals surface area contributed by atoms with E-state index >= 15 is 0 Å². The molecule has 28 heavy (non-hydrogen) atoms. The highest BCUT2D eigenvalue weighted by Crippen LogP contribution is 2.32. The van der Waals surface area contributed by atoms with Crippen molar-refractivity contribution in [2.24, 2.45) is 0 Å². The average Bonchev–Trinajstić information content (AvgIpc) is 3.20. The zero-order valence-corrected chi connectivity index (χ0v) is 16.0. The minimum atomic E-state index is 0.222. The van der Waals surface area contributed by atoms with E-state index < -0.39 is 0 Å². The van der Waals surface area contributed by atoms with Crippen LogP contribution >= 0.6 is 0 Å². The van der Waals surface area contributed by atoms with Crippen molar-refractivity contribution in [2.45, 2.75) is 19.4 Å². The van der Waals surface area contributed by atoms with E-state index in [9.17, 15) is 4.79 Å². The first-order chi connectivity index (χ1) is 13.8. The van der Waals surface area contributed by atoms with E-state index in [0.29, 0.717) is 19.8 Å². The Morgan fingerprint density at radius 2 is 1.75 bits per heavy atom. The van der Waals surface area contributed by atoms with E-state index in [-0.39, 0.29) is 5.91 Å². The molecule has 0 unspecified atom stereocenters. The molecule has 0 radical (unpaired) electrons. The van der Waals surface area contributed by atoms with Gasteiger partial charge in [-0.15, -0.1) is 0 Å². The van der Waals surface area contributed by atoms with Gasteiger partial charge in [0.05, 0.1) is 6.61 Å². The van der Waals surface area contributed by atoms with Crippen LogP contribution in [-0.2, 0) is 11.3 Å². The van der Waals surface area contributed by atoms with Crippen LogP contribution in [0.5, 0.6) is 17.2 Å². The Labute approximate surface area is 165 Å². The van der Waals surface area contributed by atoms with Gasteiger partial charge < -0.3 is 19.1 Å². The van der Waals surface area contributed by atoms with Gasteiger partial charge in [-0.05, 0) is 36.2 Å². The second-order valence-corrected chi connectivity index (χ2v) is 7.11. The summed E-state index contributed by atoms with van der Waals surface area (Å²) in [5, 5.41) is 0. The number of hydrogen-bond acceptors (Lipinski definition) is 5. The monoisotopic (exact) mass is 382 g/mol. The largest absolute Gasteiger partial charge is 0.494 e. The molecular weight excluding hydrogens is 356 g/mol. The quantitative estimate of drug-likeness (QED) is 0.689. The van der Waals surface area contributed by atoms with Gasteiger partial charge in [-0.3, -0.25) is 9.69 Å². The van der Waals surface area contributed by atoms with Crippen molar-refractivity contribution in [1.82, 2.24) is 9.80 Å². The van der Waals surface area contributed by atoms with Crippen LogP contribution in [0.15, 0.2) is 48.5 Å². The van der Waals surface area contributed by atoms with Crippen LogP contribution < -0.4 is 14.2 Å². The van der Waals surface area contributed by atoms with E-state index in [0.717, 1.165) is 56.4 Å². The van der Waals surface area contributed by atoms with Crippen molar-refractivity contribution < 1.29 is 19.0 Å². The Morgan fingerprint density at radius 1 is 0.964 bits per heavy atom. The lowest BCUT2D eigenvalue weighted by molar-refractivity contribution is -0.133. The Balaban J connectivity index is 1.16. The summed E-state index contributed by atoms with van der Waals surface area (Å²) in [4.78, 5) is 16.8. The summed E-state index contributed by atoms with van der Waals surface area (Å²) in [6, 6.07) is 15.8. The fraction of sp³-hybridized carbons (Fsp3) is 0.409. The van der Waals surface area contributed by atoms with Crippen molar-refractivity contribution in [3.8, 4) is 17.2 Å². The molecule has 1 amide bonds. The maximum Gasteiger partial charge on any atom is 0.231 e. The molecule has 0 aliphatic carbocycles. The molecule has 2 aromatic rings. The van der Waals surface area contributed by atoms with Gasteiger partial charge in [-0.25, -0.2) is 0 Å². The van der Waals surface area contributed by atoms with Crippen LogP contribution in [0.2, 0.25) is 0 Å². The number of rotatable bonds is 7. The predicted molar refractivity (Wildman–Crippen MR) is 106 cm³/mol. The maximum absolute atomic E-state index is 12.4. The molecule has 148 valence electrons. The normalized spacial score (nSPS) is 16.2. The van der Waals surface area contributed by atoms with Crippen LogP contribution in [0, 0.1) is 0 Å². The molecule has 1 saturated heterocycles. The van der Waals surface area contributed by atoms with Gasteiger partial charge in [0.25, 0.3) is 0 Å². The second kappa shape index (κ2) is 8.97. The number of benzene rings is 2. The standard InChI is InChI=1S/C22H26N2O4/c25-22(7-4-14-26-19-5-2-1-3-6-19)24-12-10-23(11-13-24)16-18-8-9-20-21(15-18)28-17-27-20/h1-3,5-6,8-9,15H,4,7,10-14,16-17H2.